The maximum absolute atomic E-state index is 5.27. The Bertz CT molecular complexity index is 764. The van der Waals surface area contributed by atoms with Crippen LogP contribution in [0.15, 0.2) is 48.5 Å². The summed E-state index contributed by atoms with van der Waals surface area (Å²) in [5.41, 5.74) is 3.36. The van der Waals surface area contributed by atoms with Gasteiger partial charge in [-0.05, 0) is 29.8 Å². The summed E-state index contributed by atoms with van der Waals surface area (Å²) < 4.78 is 7.40. The Morgan fingerprint density at radius 3 is 2.71 bits per heavy atom. The highest BCUT2D eigenvalue weighted by molar-refractivity contribution is 5.78. The smallest absolute Gasteiger partial charge is 0.206 e. The number of para-hydroxylation sites is 2. The quantitative estimate of drug-likeness (QED) is 0.735. The van der Waals surface area contributed by atoms with Gasteiger partial charge < -0.3 is 14.2 Å². The second kappa shape index (κ2) is 5.48. The van der Waals surface area contributed by atoms with Crippen molar-refractivity contribution in [3.63, 3.8) is 0 Å². The van der Waals surface area contributed by atoms with Gasteiger partial charge in [-0.25, -0.2) is 4.98 Å². The van der Waals surface area contributed by atoms with Crippen LogP contribution in [0.4, 0.5) is 5.95 Å². The lowest BCUT2D eigenvalue weighted by Crippen LogP contribution is -2.20. The number of aromatic nitrogens is 2. The van der Waals surface area contributed by atoms with E-state index in [4.69, 9.17) is 9.72 Å². The average Bonchev–Trinajstić information content (AvgIpc) is 2.85. The molecule has 1 aromatic heterocycles. The van der Waals surface area contributed by atoms with Crippen LogP contribution in [0.25, 0.3) is 11.0 Å². The molecular weight excluding hydrogens is 262 g/mol. The van der Waals surface area contributed by atoms with Crippen LogP contribution in [-0.4, -0.2) is 23.7 Å². The molecule has 0 N–H and O–H groups in total. The van der Waals surface area contributed by atoms with Crippen LogP contribution in [0.2, 0.25) is 0 Å². The summed E-state index contributed by atoms with van der Waals surface area (Å²) in [6.07, 6.45) is 0. The molecule has 0 aliphatic heterocycles. The van der Waals surface area contributed by atoms with Crippen LogP contribution in [-0.2, 0) is 13.6 Å². The van der Waals surface area contributed by atoms with Gasteiger partial charge in [0.2, 0.25) is 5.95 Å². The number of hydrogen-bond acceptors (Lipinski definition) is 3. The minimum absolute atomic E-state index is 0.786. The third kappa shape index (κ3) is 2.57. The van der Waals surface area contributed by atoms with Crippen molar-refractivity contribution in [3.8, 4) is 5.75 Å². The highest BCUT2D eigenvalue weighted by atomic mass is 16.5. The zero-order valence-electron chi connectivity index (χ0n) is 12.6. The van der Waals surface area contributed by atoms with E-state index in [1.165, 1.54) is 5.56 Å². The third-order valence-corrected chi connectivity index (χ3v) is 3.66. The fraction of sp³-hybridized carbons (Fsp3) is 0.235. The first-order valence-corrected chi connectivity index (χ1v) is 6.94. The summed E-state index contributed by atoms with van der Waals surface area (Å²) in [6, 6.07) is 16.3. The first-order chi connectivity index (χ1) is 10.2. The largest absolute Gasteiger partial charge is 0.497 e. The van der Waals surface area contributed by atoms with E-state index in [0.29, 0.717) is 0 Å². The lowest BCUT2D eigenvalue weighted by atomic mass is 10.2. The molecule has 0 amide bonds. The Kier molecular flexibility index (Phi) is 3.52. The molecule has 0 fully saturated rings. The van der Waals surface area contributed by atoms with Crippen molar-refractivity contribution >= 4 is 17.0 Å². The summed E-state index contributed by atoms with van der Waals surface area (Å²) in [5, 5.41) is 0. The zero-order chi connectivity index (χ0) is 14.8. The molecule has 0 saturated carbocycles. The number of ether oxygens (including phenoxy) is 1. The van der Waals surface area contributed by atoms with Crippen LogP contribution in [0.3, 0.4) is 0 Å². The van der Waals surface area contributed by atoms with E-state index in [1.807, 2.05) is 37.4 Å². The van der Waals surface area contributed by atoms with Crippen molar-refractivity contribution in [1.82, 2.24) is 9.55 Å². The van der Waals surface area contributed by atoms with E-state index >= 15 is 0 Å². The maximum Gasteiger partial charge on any atom is 0.206 e. The topological polar surface area (TPSA) is 30.3 Å². The molecule has 0 unspecified atom stereocenters. The van der Waals surface area contributed by atoms with Crippen molar-refractivity contribution in [2.24, 2.45) is 7.05 Å². The van der Waals surface area contributed by atoms with E-state index < -0.39 is 0 Å². The molecule has 0 bridgehead atoms. The normalized spacial score (nSPS) is 10.8. The lowest BCUT2D eigenvalue weighted by Gasteiger charge is -2.18. The molecule has 3 aromatic rings. The summed E-state index contributed by atoms with van der Waals surface area (Å²) in [6.45, 7) is 0.786. The Labute approximate surface area is 124 Å². The van der Waals surface area contributed by atoms with Gasteiger partial charge in [0.25, 0.3) is 0 Å². The molecule has 4 nitrogen and oxygen atoms in total. The van der Waals surface area contributed by atoms with Crippen molar-refractivity contribution in [2.45, 2.75) is 6.54 Å². The van der Waals surface area contributed by atoms with E-state index in [0.717, 1.165) is 29.3 Å². The molecule has 3 rings (SSSR count). The van der Waals surface area contributed by atoms with Gasteiger partial charge in [0, 0.05) is 20.6 Å². The van der Waals surface area contributed by atoms with Crippen molar-refractivity contribution in [1.29, 1.82) is 0 Å². The maximum atomic E-state index is 5.27. The molecular formula is C17H19N3O. The SMILES string of the molecule is COc1cccc(CN(C)c2nc3ccccc3n2C)c1. The Hall–Kier alpha value is -2.49. The van der Waals surface area contributed by atoms with Gasteiger partial charge in [0.1, 0.15) is 5.75 Å². The lowest BCUT2D eigenvalue weighted by molar-refractivity contribution is 0.414. The molecule has 0 radical (unpaired) electrons. The first kappa shape index (κ1) is 13.5. The summed E-state index contributed by atoms with van der Waals surface area (Å²) >= 11 is 0. The fourth-order valence-electron chi connectivity index (χ4n) is 2.59. The predicted octanol–water partition coefficient (Wildman–Crippen LogP) is 3.22. The standard InChI is InChI=1S/C17H19N3O/c1-19(12-13-7-6-8-14(11-13)21-3)17-18-15-9-4-5-10-16(15)20(17)2/h4-11H,12H2,1-3H3. The van der Waals surface area contributed by atoms with Gasteiger partial charge in [0.05, 0.1) is 18.1 Å². The van der Waals surface area contributed by atoms with Gasteiger partial charge in [-0.2, -0.15) is 0 Å². The second-order valence-corrected chi connectivity index (χ2v) is 5.17. The van der Waals surface area contributed by atoms with Crippen LogP contribution < -0.4 is 9.64 Å². The van der Waals surface area contributed by atoms with E-state index in [2.05, 4.69) is 34.7 Å². The van der Waals surface area contributed by atoms with Gasteiger partial charge >= 0.3 is 0 Å². The van der Waals surface area contributed by atoms with E-state index in [9.17, 15) is 0 Å². The fourth-order valence-corrected chi connectivity index (χ4v) is 2.59. The number of anilines is 1. The van der Waals surface area contributed by atoms with Crippen molar-refractivity contribution < 1.29 is 4.74 Å². The number of fused-ring (bicyclic) bond motifs is 1. The highest BCUT2D eigenvalue weighted by Gasteiger charge is 2.11. The van der Waals surface area contributed by atoms with Crippen molar-refractivity contribution in [3.05, 3.63) is 54.1 Å². The van der Waals surface area contributed by atoms with Crippen LogP contribution >= 0.6 is 0 Å². The Morgan fingerprint density at radius 1 is 1.14 bits per heavy atom. The number of methoxy groups -OCH3 is 1. The number of nitrogens with zero attached hydrogens (tertiary/aromatic N) is 3. The number of imidazole rings is 1. The molecule has 21 heavy (non-hydrogen) atoms. The van der Waals surface area contributed by atoms with Gasteiger partial charge in [-0.3, -0.25) is 0 Å². The van der Waals surface area contributed by atoms with Crippen LogP contribution in [0.5, 0.6) is 5.75 Å². The second-order valence-electron chi connectivity index (χ2n) is 5.17. The molecule has 2 aromatic carbocycles. The monoisotopic (exact) mass is 281 g/mol. The highest BCUT2D eigenvalue weighted by Crippen LogP contribution is 2.22. The predicted molar refractivity (Wildman–Crippen MR) is 85.8 cm³/mol. The molecule has 4 heteroatoms. The Morgan fingerprint density at radius 2 is 1.95 bits per heavy atom. The van der Waals surface area contributed by atoms with Crippen LogP contribution in [0, 0.1) is 0 Å². The number of rotatable bonds is 4. The molecule has 1 heterocycles. The number of hydrogen-bond donors (Lipinski definition) is 0. The first-order valence-electron chi connectivity index (χ1n) is 6.94. The van der Waals surface area contributed by atoms with E-state index in [1.54, 1.807) is 7.11 Å². The molecule has 108 valence electrons. The summed E-state index contributed by atoms with van der Waals surface area (Å²) in [5.74, 6) is 1.84. The Balaban J connectivity index is 1.89. The molecule has 0 aliphatic rings. The number of benzene rings is 2. The van der Waals surface area contributed by atoms with Gasteiger partial charge in [-0.15, -0.1) is 0 Å². The molecule has 0 spiro atoms. The van der Waals surface area contributed by atoms with Crippen molar-refractivity contribution in [2.75, 3.05) is 19.1 Å². The number of aryl methyl sites for hydroxylation is 1. The molecule has 0 saturated heterocycles. The van der Waals surface area contributed by atoms with Gasteiger partial charge in [-0.1, -0.05) is 24.3 Å². The zero-order valence-corrected chi connectivity index (χ0v) is 12.6. The van der Waals surface area contributed by atoms with Gasteiger partial charge in [0.15, 0.2) is 0 Å². The molecule has 0 aliphatic carbocycles. The minimum Gasteiger partial charge on any atom is -0.497 e. The third-order valence-electron chi connectivity index (χ3n) is 3.66. The molecule has 0 atom stereocenters. The average molecular weight is 281 g/mol. The van der Waals surface area contributed by atoms with Crippen LogP contribution in [0.1, 0.15) is 5.56 Å². The van der Waals surface area contributed by atoms with E-state index in [-0.39, 0.29) is 0 Å². The summed E-state index contributed by atoms with van der Waals surface area (Å²) in [7, 11) is 5.79. The minimum atomic E-state index is 0.786. The summed E-state index contributed by atoms with van der Waals surface area (Å²) in [4.78, 5) is 6.86.